The number of hydrogen-bond donors (Lipinski definition) is 0. The number of ether oxygens (including phenoxy) is 2. The Labute approximate surface area is 157 Å². The monoisotopic (exact) mass is 382 g/mol. The summed E-state index contributed by atoms with van der Waals surface area (Å²) in [6.07, 6.45) is 1.07. The zero-order chi connectivity index (χ0) is 18.4. The number of piperidine rings is 1. The normalized spacial score (nSPS) is 29.2. The van der Waals surface area contributed by atoms with E-state index in [1.54, 1.807) is 4.90 Å². The van der Waals surface area contributed by atoms with Gasteiger partial charge in [-0.1, -0.05) is 11.6 Å². The summed E-state index contributed by atoms with van der Waals surface area (Å²) >= 11 is 7.72. The van der Waals surface area contributed by atoms with E-state index < -0.39 is 11.2 Å². The average molecular weight is 383 g/mol. The first-order chi connectivity index (χ1) is 11.6. The van der Waals surface area contributed by atoms with E-state index in [0.717, 1.165) is 10.4 Å². The van der Waals surface area contributed by atoms with Crippen molar-refractivity contribution in [2.45, 2.75) is 63.7 Å². The molecule has 1 amide bonds. The first kappa shape index (κ1) is 18.5. The van der Waals surface area contributed by atoms with Gasteiger partial charge in [0.15, 0.2) is 0 Å². The Morgan fingerprint density at radius 1 is 1.56 bits per heavy atom. The summed E-state index contributed by atoms with van der Waals surface area (Å²) in [6.45, 7) is 8.55. The zero-order valence-corrected chi connectivity index (χ0v) is 16.5. The molecule has 2 aliphatic rings. The van der Waals surface area contributed by atoms with Crippen LogP contribution in [0.25, 0.3) is 0 Å². The molecule has 3 rings (SSSR count). The predicted octanol–water partition coefficient (Wildman–Crippen LogP) is 4.65. The number of carbonyl (C=O) groups excluding carboxylic acids is 1. The van der Waals surface area contributed by atoms with Gasteiger partial charge in [-0.2, -0.15) is 5.26 Å². The highest BCUT2D eigenvalue weighted by Crippen LogP contribution is 2.50. The van der Waals surface area contributed by atoms with E-state index in [4.69, 9.17) is 21.1 Å². The number of nitrogens with zero attached hydrogens (tertiary/aromatic N) is 2. The van der Waals surface area contributed by atoms with Crippen molar-refractivity contribution in [3.8, 4) is 6.07 Å². The number of thiophene rings is 1. The number of fused-ring (bicyclic) bond motifs is 2. The molecule has 2 aliphatic heterocycles. The van der Waals surface area contributed by atoms with Crippen molar-refractivity contribution in [1.29, 1.82) is 5.26 Å². The molecule has 1 saturated heterocycles. The molecule has 7 heteroatoms. The highest BCUT2D eigenvalue weighted by atomic mass is 35.5. The number of rotatable bonds is 0. The van der Waals surface area contributed by atoms with Crippen LogP contribution in [0.2, 0.25) is 4.34 Å². The SMILES string of the molecule is C[C@H]1C[C@@]2(CCN1C(=O)OC(C)(C)C)OCC(C#N)c1cc(Cl)sc12. The molecule has 0 aromatic carbocycles. The second-order valence-electron chi connectivity index (χ2n) is 7.80. The quantitative estimate of drug-likeness (QED) is 0.655. The van der Waals surface area contributed by atoms with Crippen molar-refractivity contribution in [3.05, 3.63) is 20.8 Å². The molecule has 25 heavy (non-hydrogen) atoms. The van der Waals surface area contributed by atoms with Crippen LogP contribution in [0.4, 0.5) is 4.79 Å². The highest BCUT2D eigenvalue weighted by molar-refractivity contribution is 7.16. The second kappa shape index (κ2) is 6.46. The van der Waals surface area contributed by atoms with Crippen molar-refractivity contribution in [3.63, 3.8) is 0 Å². The van der Waals surface area contributed by atoms with Crippen LogP contribution in [0.1, 0.15) is 56.9 Å². The fraction of sp³-hybridized carbons (Fsp3) is 0.667. The van der Waals surface area contributed by atoms with Gasteiger partial charge in [0.1, 0.15) is 11.2 Å². The lowest BCUT2D eigenvalue weighted by atomic mass is 9.80. The highest BCUT2D eigenvalue weighted by Gasteiger charge is 2.48. The Balaban J connectivity index is 1.83. The first-order valence-electron chi connectivity index (χ1n) is 8.48. The Morgan fingerprint density at radius 2 is 2.28 bits per heavy atom. The number of carbonyl (C=O) groups is 1. The maximum atomic E-state index is 12.4. The first-order valence-corrected chi connectivity index (χ1v) is 9.67. The fourth-order valence-electron chi connectivity index (χ4n) is 3.63. The summed E-state index contributed by atoms with van der Waals surface area (Å²) in [6, 6.07) is 4.17. The molecular formula is C18H23ClN2O3S. The lowest BCUT2D eigenvalue weighted by molar-refractivity contribution is -0.111. The number of likely N-dealkylation sites (tertiary alicyclic amines) is 1. The third-order valence-corrected chi connectivity index (χ3v) is 6.21. The van der Waals surface area contributed by atoms with Crippen molar-refractivity contribution < 1.29 is 14.3 Å². The molecule has 3 atom stereocenters. The average Bonchev–Trinajstić information content (AvgIpc) is 2.89. The van der Waals surface area contributed by atoms with E-state index in [1.807, 2.05) is 33.8 Å². The molecular weight excluding hydrogens is 360 g/mol. The van der Waals surface area contributed by atoms with Gasteiger partial charge in [-0.05, 0) is 45.7 Å². The molecule has 3 heterocycles. The van der Waals surface area contributed by atoms with Crippen LogP contribution in [-0.2, 0) is 15.1 Å². The minimum absolute atomic E-state index is 0.0176. The molecule has 136 valence electrons. The van der Waals surface area contributed by atoms with E-state index in [9.17, 15) is 10.1 Å². The van der Waals surface area contributed by atoms with Crippen LogP contribution < -0.4 is 0 Å². The molecule has 1 aromatic rings. The molecule has 5 nitrogen and oxygen atoms in total. The van der Waals surface area contributed by atoms with E-state index in [0.29, 0.717) is 30.3 Å². The molecule has 0 bridgehead atoms. The molecule has 1 fully saturated rings. The van der Waals surface area contributed by atoms with Gasteiger partial charge in [0.25, 0.3) is 0 Å². The standard InChI is InChI=1S/C18H23ClN2O3S/c1-11-8-18(5-6-21(11)16(22)24-17(2,3)4)15-13(7-14(19)25-15)12(9-20)10-23-18/h7,11-12H,5-6,8,10H2,1-4H3/t11-,12?,18+/m0/s1. The summed E-state index contributed by atoms with van der Waals surface area (Å²) in [5.41, 5.74) is 0.0156. The summed E-state index contributed by atoms with van der Waals surface area (Å²) in [7, 11) is 0. The van der Waals surface area contributed by atoms with E-state index in [1.165, 1.54) is 11.3 Å². The Kier molecular flexibility index (Phi) is 4.78. The Morgan fingerprint density at radius 3 is 2.88 bits per heavy atom. The molecule has 0 N–H and O–H groups in total. The van der Waals surface area contributed by atoms with E-state index >= 15 is 0 Å². The topological polar surface area (TPSA) is 62.6 Å². The van der Waals surface area contributed by atoms with Gasteiger partial charge in [0.2, 0.25) is 0 Å². The van der Waals surface area contributed by atoms with Crippen LogP contribution in [0.5, 0.6) is 0 Å². The number of nitriles is 1. The fourth-order valence-corrected chi connectivity index (χ4v) is 5.11. The third-order valence-electron chi connectivity index (χ3n) is 4.74. The lowest BCUT2D eigenvalue weighted by Crippen LogP contribution is -2.53. The molecule has 1 unspecified atom stereocenters. The van der Waals surface area contributed by atoms with E-state index in [2.05, 4.69) is 6.07 Å². The van der Waals surface area contributed by atoms with Crippen LogP contribution >= 0.6 is 22.9 Å². The summed E-state index contributed by atoms with van der Waals surface area (Å²) in [4.78, 5) is 15.3. The maximum Gasteiger partial charge on any atom is 0.410 e. The van der Waals surface area contributed by atoms with Gasteiger partial charge in [-0.25, -0.2) is 4.79 Å². The van der Waals surface area contributed by atoms with Crippen molar-refractivity contribution >= 4 is 29.0 Å². The molecule has 1 aromatic heterocycles. The Hall–Kier alpha value is -1.29. The second-order valence-corrected chi connectivity index (χ2v) is 9.48. The van der Waals surface area contributed by atoms with E-state index in [-0.39, 0.29) is 18.1 Å². The van der Waals surface area contributed by atoms with Gasteiger partial charge in [-0.15, -0.1) is 11.3 Å². The molecule has 1 spiro atoms. The Bertz CT molecular complexity index is 721. The van der Waals surface area contributed by atoms with Crippen LogP contribution in [0.15, 0.2) is 6.07 Å². The third kappa shape index (κ3) is 3.51. The van der Waals surface area contributed by atoms with Gasteiger partial charge >= 0.3 is 6.09 Å². The minimum atomic E-state index is -0.512. The maximum absolute atomic E-state index is 12.4. The molecule has 0 aliphatic carbocycles. The van der Waals surface area contributed by atoms with Crippen molar-refractivity contribution in [2.75, 3.05) is 13.2 Å². The predicted molar refractivity (Wildman–Crippen MR) is 96.9 cm³/mol. The van der Waals surface area contributed by atoms with Gasteiger partial charge < -0.3 is 14.4 Å². The summed E-state index contributed by atoms with van der Waals surface area (Å²) in [5, 5.41) is 9.37. The van der Waals surface area contributed by atoms with Gasteiger partial charge in [0, 0.05) is 23.9 Å². The van der Waals surface area contributed by atoms with Crippen LogP contribution in [0.3, 0.4) is 0 Å². The van der Waals surface area contributed by atoms with Gasteiger partial charge in [0.05, 0.1) is 22.9 Å². The zero-order valence-electron chi connectivity index (χ0n) is 15.0. The van der Waals surface area contributed by atoms with Crippen molar-refractivity contribution in [1.82, 2.24) is 4.90 Å². The minimum Gasteiger partial charge on any atom is -0.444 e. The van der Waals surface area contributed by atoms with Gasteiger partial charge in [-0.3, -0.25) is 0 Å². The lowest BCUT2D eigenvalue weighted by Gasteiger charge is -2.47. The number of amides is 1. The molecule has 0 saturated carbocycles. The molecule has 0 radical (unpaired) electrons. The van der Waals surface area contributed by atoms with Crippen LogP contribution in [-0.4, -0.2) is 35.8 Å². The number of halogens is 1. The summed E-state index contributed by atoms with van der Waals surface area (Å²) in [5.74, 6) is -0.274. The smallest absolute Gasteiger partial charge is 0.410 e. The summed E-state index contributed by atoms with van der Waals surface area (Å²) < 4.78 is 12.4. The number of hydrogen-bond acceptors (Lipinski definition) is 5. The van der Waals surface area contributed by atoms with Crippen LogP contribution in [0, 0.1) is 11.3 Å². The largest absolute Gasteiger partial charge is 0.444 e. The van der Waals surface area contributed by atoms with Crippen molar-refractivity contribution in [2.24, 2.45) is 0 Å².